The van der Waals surface area contributed by atoms with Crippen molar-refractivity contribution in [1.82, 2.24) is 0 Å². The minimum absolute atomic E-state index is 0.347. The third-order valence-electron chi connectivity index (χ3n) is 4.18. The molecule has 0 spiro atoms. The summed E-state index contributed by atoms with van der Waals surface area (Å²) >= 11 is 0. The molecule has 1 saturated carbocycles. The van der Waals surface area contributed by atoms with Gasteiger partial charge in [0, 0.05) is 6.04 Å². The Bertz CT molecular complexity index is 364. The van der Waals surface area contributed by atoms with Gasteiger partial charge in [-0.05, 0) is 49.3 Å². The number of aryl methyl sites for hydroxylation is 2. The molecule has 1 atom stereocenters. The van der Waals surface area contributed by atoms with Crippen LogP contribution in [0.2, 0.25) is 0 Å². The molecule has 0 heterocycles. The van der Waals surface area contributed by atoms with Crippen LogP contribution in [0, 0.1) is 19.8 Å². The van der Waals surface area contributed by atoms with Crippen LogP contribution in [0.1, 0.15) is 48.8 Å². The summed E-state index contributed by atoms with van der Waals surface area (Å²) in [5.74, 6) is 0.900. The minimum atomic E-state index is 0.347. The fourth-order valence-corrected chi connectivity index (χ4v) is 2.99. The molecule has 94 valence electrons. The highest BCUT2D eigenvalue weighted by Gasteiger charge is 2.18. The van der Waals surface area contributed by atoms with Gasteiger partial charge in [-0.1, -0.05) is 43.9 Å². The highest BCUT2D eigenvalue weighted by Crippen LogP contribution is 2.28. The summed E-state index contributed by atoms with van der Waals surface area (Å²) in [6, 6.07) is 7.09. The Balaban J connectivity index is 1.88. The zero-order chi connectivity index (χ0) is 12.3. The van der Waals surface area contributed by atoms with Gasteiger partial charge in [-0.2, -0.15) is 0 Å². The van der Waals surface area contributed by atoms with E-state index in [2.05, 4.69) is 32.0 Å². The monoisotopic (exact) mass is 231 g/mol. The zero-order valence-corrected chi connectivity index (χ0v) is 11.2. The fourth-order valence-electron chi connectivity index (χ4n) is 2.99. The topological polar surface area (TPSA) is 26.0 Å². The van der Waals surface area contributed by atoms with Gasteiger partial charge in [0.1, 0.15) is 0 Å². The highest BCUT2D eigenvalue weighted by atomic mass is 14.6. The molecule has 2 N–H and O–H groups in total. The summed E-state index contributed by atoms with van der Waals surface area (Å²) in [5.41, 5.74) is 10.4. The molecule has 1 aromatic carbocycles. The van der Waals surface area contributed by atoms with E-state index in [1.54, 1.807) is 0 Å². The Labute approximate surface area is 105 Å². The number of nitrogens with two attached hydrogens (primary N) is 1. The van der Waals surface area contributed by atoms with Crippen molar-refractivity contribution in [3.63, 3.8) is 0 Å². The predicted octanol–water partition coefficient (Wildman–Crippen LogP) is 3.75. The van der Waals surface area contributed by atoms with E-state index in [-0.39, 0.29) is 0 Å². The smallest absolute Gasteiger partial charge is 0.00819 e. The number of rotatable bonds is 4. The second kappa shape index (κ2) is 5.68. The summed E-state index contributed by atoms with van der Waals surface area (Å²) in [7, 11) is 0. The number of hydrogen-bond acceptors (Lipinski definition) is 1. The first-order valence-electron chi connectivity index (χ1n) is 6.97. The van der Waals surface area contributed by atoms with Gasteiger partial charge in [0.25, 0.3) is 0 Å². The fraction of sp³-hybridized carbons (Fsp3) is 0.625. The number of hydrogen-bond donors (Lipinski definition) is 1. The lowest BCUT2D eigenvalue weighted by molar-refractivity contribution is 0.440. The molecule has 2 rings (SSSR count). The Morgan fingerprint density at radius 3 is 2.53 bits per heavy atom. The molecule has 0 bridgehead atoms. The standard InChI is InChI=1S/C16H25N/c1-12-7-8-15(9-13(12)2)11-16(17)10-14-5-3-4-6-14/h7-9,14,16H,3-6,10-11,17H2,1-2H3. The van der Waals surface area contributed by atoms with Crippen molar-refractivity contribution < 1.29 is 0 Å². The van der Waals surface area contributed by atoms with E-state index in [9.17, 15) is 0 Å². The molecule has 1 fully saturated rings. The maximum atomic E-state index is 6.27. The summed E-state index contributed by atoms with van der Waals surface area (Å²) in [5, 5.41) is 0. The molecule has 1 aliphatic rings. The van der Waals surface area contributed by atoms with Crippen LogP contribution in [0.4, 0.5) is 0 Å². The van der Waals surface area contributed by atoms with Crippen LogP contribution in [0.25, 0.3) is 0 Å². The SMILES string of the molecule is Cc1ccc(CC(N)CC2CCCC2)cc1C. The molecule has 0 aromatic heterocycles. The van der Waals surface area contributed by atoms with Crippen LogP contribution < -0.4 is 5.73 Å². The van der Waals surface area contributed by atoms with Gasteiger partial charge in [0.05, 0.1) is 0 Å². The Morgan fingerprint density at radius 1 is 1.18 bits per heavy atom. The highest BCUT2D eigenvalue weighted by molar-refractivity contribution is 5.30. The maximum absolute atomic E-state index is 6.27. The van der Waals surface area contributed by atoms with Crippen LogP contribution in [0.3, 0.4) is 0 Å². The van der Waals surface area contributed by atoms with Gasteiger partial charge < -0.3 is 5.73 Å². The van der Waals surface area contributed by atoms with Crippen molar-refractivity contribution in [2.24, 2.45) is 11.7 Å². The Morgan fingerprint density at radius 2 is 1.88 bits per heavy atom. The summed E-state index contributed by atoms with van der Waals surface area (Å²) in [4.78, 5) is 0. The maximum Gasteiger partial charge on any atom is 0.00819 e. The molecule has 0 saturated heterocycles. The molecule has 0 aliphatic heterocycles. The van der Waals surface area contributed by atoms with E-state index in [1.165, 1.54) is 48.8 Å². The van der Waals surface area contributed by atoms with Gasteiger partial charge in [0.15, 0.2) is 0 Å². The van der Waals surface area contributed by atoms with Crippen molar-refractivity contribution in [1.29, 1.82) is 0 Å². The van der Waals surface area contributed by atoms with Crippen LogP contribution >= 0.6 is 0 Å². The molecule has 1 unspecified atom stereocenters. The summed E-state index contributed by atoms with van der Waals surface area (Å²) in [6.45, 7) is 4.35. The van der Waals surface area contributed by atoms with Crippen LogP contribution in [0.5, 0.6) is 0 Å². The van der Waals surface area contributed by atoms with Gasteiger partial charge in [-0.3, -0.25) is 0 Å². The van der Waals surface area contributed by atoms with Gasteiger partial charge >= 0.3 is 0 Å². The van der Waals surface area contributed by atoms with Crippen molar-refractivity contribution in [2.45, 2.75) is 58.4 Å². The summed E-state index contributed by atoms with van der Waals surface area (Å²) in [6.07, 6.45) is 7.90. The molecular weight excluding hydrogens is 206 g/mol. The van der Waals surface area contributed by atoms with Gasteiger partial charge in [0.2, 0.25) is 0 Å². The summed E-state index contributed by atoms with van der Waals surface area (Å²) < 4.78 is 0. The Hall–Kier alpha value is -0.820. The molecule has 1 aliphatic carbocycles. The van der Waals surface area contributed by atoms with E-state index in [1.807, 2.05) is 0 Å². The second-order valence-corrected chi connectivity index (χ2v) is 5.77. The van der Waals surface area contributed by atoms with E-state index >= 15 is 0 Å². The zero-order valence-electron chi connectivity index (χ0n) is 11.2. The lowest BCUT2D eigenvalue weighted by Crippen LogP contribution is -2.25. The molecule has 17 heavy (non-hydrogen) atoms. The average molecular weight is 231 g/mol. The first-order chi connectivity index (χ1) is 8.15. The van der Waals surface area contributed by atoms with Crippen molar-refractivity contribution in [3.05, 3.63) is 34.9 Å². The number of benzene rings is 1. The third-order valence-corrected chi connectivity index (χ3v) is 4.18. The lowest BCUT2D eigenvalue weighted by Gasteiger charge is -2.16. The average Bonchev–Trinajstić information content (AvgIpc) is 2.76. The van der Waals surface area contributed by atoms with Gasteiger partial charge in [-0.15, -0.1) is 0 Å². The first-order valence-corrected chi connectivity index (χ1v) is 6.97. The molecule has 0 amide bonds. The third kappa shape index (κ3) is 3.57. The predicted molar refractivity (Wildman–Crippen MR) is 74.2 cm³/mol. The lowest BCUT2D eigenvalue weighted by atomic mass is 9.93. The van der Waals surface area contributed by atoms with Gasteiger partial charge in [-0.25, -0.2) is 0 Å². The normalized spacial score (nSPS) is 18.5. The van der Waals surface area contributed by atoms with E-state index < -0.39 is 0 Å². The molecular formula is C16H25N. The van der Waals surface area contributed by atoms with Crippen LogP contribution in [-0.4, -0.2) is 6.04 Å². The molecule has 1 nitrogen and oxygen atoms in total. The van der Waals surface area contributed by atoms with Crippen LogP contribution in [-0.2, 0) is 6.42 Å². The quantitative estimate of drug-likeness (QED) is 0.839. The molecule has 1 heteroatoms. The first kappa shape index (κ1) is 12.6. The van der Waals surface area contributed by atoms with Crippen molar-refractivity contribution >= 4 is 0 Å². The van der Waals surface area contributed by atoms with E-state index in [0.29, 0.717) is 6.04 Å². The van der Waals surface area contributed by atoms with E-state index in [4.69, 9.17) is 5.73 Å². The second-order valence-electron chi connectivity index (χ2n) is 5.77. The minimum Gasteiger partial charge on any atom is -0.327 e. The largest absolute Gasteiger partial charge is 0.327 e. The van der Waals surface area contributed by atoms with Crippen molar-refractivity contribution in [3.8, 4) is 0 Å². The van der Waals surface area contributed by atoms with E-state index in [0.717, 1.165) is 12.3 Å². The van der Waals surface area contributed by atoms with Crippen molar-refractivity contribution in [2.75, 3.05) is 0 Å². The van der Waals surface area contributed by atoms with Crippen LogP contribution in [0.15, 0.2) is 18.2 Å². The Kier molecular flexibility index (Phi) is 4.22. The molecule has 1 aromatic rings. The molecule has 0 radical (unpaired) electrons.